The van der Waals surface area contributed by atoms with Gasteiger partial charge in [0.05, 0.1) is 11.6 Å². The lowest BCUT2D eigenvalue weighted by Crippen LogP contribution is -2.37. The number of rotatable bonds is 8. The zero-order chi connectivity index (χ0) is 22.6. The molecule has 2 amide bonds. The van der Waals surface area contributed by atoms with Crippen LogP contribution in [0.1, 0.15) is 73.1 Å². The molecule has 0 aliphatic carbocycles. The standard InChI is InChI=1S/C21H25N7O3/c1-21(2,3)16(20-25-18(17(23)29)27-31-20)24-19(30)15-13-9-5-6-10-14(13)28(26-15)12-8-4-7-11-22/h5-6,9-10,16H,4,7-8,12H2,1-3H3,(H2,23,29)(H,24,30). The third-order valence-electron chi connectivity index (χ3n) is 4.83. The number of nitrogens with zero attached hydrogens (tertiary/aromatic N) is 5. The van der Waals surface area contributed by atoms with E-state index >= 15 is 0 Å². The Kier molecular flexibility index (Phi) is 6.34. The minimum absolute atomic E-state index is 0.0925. The number of hydrogen-bond acceptors (Lipinski definition) is 7. The summed E-state index contributed by atoms with van der Waals surface area (Å²) in [5.74, 6) is -1.36. The van der Waals surface area contributed by atoms with E-state index in [-0.39, 0.29) is 17.4 Å². The highest BCUT2D eigenvalue weighted by Crippen LogP contribution is 2.32. The summed E-state index contributed by atoms with van der Waals surface area (Å²) in [7, 11) is 0. The van der Waals surface area contributed by atoms with E-state index in [2.05, 4.69) is 26.6 Å². The Labute approximate surface area is 179 Å². The molecule has 0 aliphatic rings. The maximum atomic E-state index is 13.2. The fourth-order valence-electron chi connectivity index (χ4n) is 3.23. The van der Waals surface area contributed by atoms with Crippen LogP contribution in [0.15, 0.2) is 28.8 Å². The van der Waals surface area contributed by atoms with E-state index < -0.39 is 23.3 Å². The highest BCUT2D eigenvalue weighted by Gasteiger charge is 2.34. The Hall–Kier alpha value is -3.74. The zero-order valence-electron chi connectivity index (χ0n) is 17.8. The van der Waals surface area contributed by atoms with E-state index in [0.29, 0.717) is 13.0 Å². The van der Waals surface area contributed by atoms with E-state index in [1.165, 1.54) is 0 Å². The Morgan fingerprint density at radius 1 is 1.29 bits per heavy atom. The summed E-state index contributed by atoms with van der Waals surface area (Å²) in [5.41, 5.74) is 5.83. The Bertz CT molecular complexity index is 1130. The van der Waals surface area contributed by atoms with Gasteiger partial charge in [-0.2, -0.15) is 15.3 Å². The van der Waals surface area contributed by atoms with Crippen LogP contribution in [0.25, 0.3) is 10.9 Å². The lowest BCUT2D eigenvalue weighted by molar-refractivity contribution is 0.0875. The quantitative estimate of drug-likeness (QED) is 0.528. The van der Waals surface area contributed by atoms with Crippen molar-refractivity contribution in [1.82, 2.24) is 25.2 Å². The van der Waals surface area contributed by atoms with Gasteiger partial charge < -0.3 is 15.6 Å². The average molecular weight is 423 g/mol. The van der Waals surface area contributed by atoms with Crippen LogP contribution in [0.4, 0.5) is 0 Å². The predicted molar refractivity (Wildman–Crippen MR) is 112 cm³/mol. The maximum absolute atomic E-state index is 13.2. The molecule has 0 radical (unpaired) electrons. The molecular weight excluding hydrogens is 398 g/mol. The van der Waals surface area contributed by atoms with Crippen LogP contribution >= 0.6 is 0 Å². The first kappa shape index (κ1) is 22.0. The average Bonchev–Trinajstić information content (AvgIpc) is 3.34. The molecule has 0 spiro atoms. The van der Waals surface area contributed by atoms with Gasteiger partial charge in [0.25, 0.3) is 17.6 Å². The summed E-state index contributed by atoms with van der Waals surface area (Å²) in [6.07, 6.45) is 2.03. The van der Waals surface area contributed by atoms with Gasteiger partial charge in [0.2, 0.25) is 5.89 Å². The number of para-hydroxylation sites is 1. The number of carbonyl (C=O) groups is 2. The van der Waals surface area contributed by atoms with Gasteiger partial charge in [-0.15, -0.1) is 0 Å². The first-order chi connectivity index (χ1) is 14.7. The van der Waals surface area contributed by atoms with Gasteiger partial charge in [-0.25, -0.2) is 0 Å². The number of benzene rings is 1. The lowest BCUT2D eigenvalue weighted by atomic mass is 9.86. The number of aryl methyl sites for hydroxylation is 1. The van der Waals surface area contributed by atoms with Crippen molar-refractivity contribution >= 4 is 22.7 Å². The summed E-state index contributed by atoms with van der Waals surface area (Å²) < 4.78 is 6.97. The Balaban J connectivity index is 1.90. The minimum atomic E-state index is -0.810. The van der Waals surface area contributed by atoms with Crippen molar-refractivity contribution in [2.75, 3.05) is 0 Å². The molecule has 0 fully saturated rings. The second-order valence-corrected chi connectivity index (χ2v) is 8.30. The van der Waals surface area contributed by atoms with Crippen molar-refractivity contribution in [3.8, 4) is 6.07 Å². The zero-order valence-corrected chi connectivity index (χ0v) is 17.8. The van der Waals surface area contributed by atoms with Crippen LogP contribution in [-0.2, 0) is 6.54 Å². The number of nitrogens with one attached hydrogen (secondary N) is 1. The van der Waals surface area contributed by atoms with Crippen molar-refractivity contribution in [2.45, 2.75) is 52.6 Å². The Morgan fingerprint density at radius 2 is 2.03 bits per heavy atom. The SMILES string of the molecule is CC(C)(C)C(NC(=O)c1nn(CCCCC#N)c2ccccc12)c1nc(C(N)=O)no1. The van der Waals surface area contributed by atoms with E-state index in [4.69, 9.17) is 15.5 Å². The molecular formula is C21H25N7O3. The summed E-state index contributed by atoms with van der Waals surface area (Å²) in [5, 5.41) is 20.5. The third kappa shape index (κ3) is 4.88. The number of nitrogens with two attached hydrogens (primary N) is 1. The topological polar surface area (TPSA) is 153 Å². The summed E-state index contributed by atoms with van der Waals surface area (Å²) >= 11 is 0. The van der Waals surface area contributed by atoms with Crippen LogP contribution in [0.2, 0.25) is 0 Å². The van der Waals surface area contributed by atoms with Crippen LogP contribution in [-0.4, -0.2) is 31.7 Å². The van der Waals surface area contributed by atoms with Gasteiger partial charge in [-0.3, -0.25) is 14.3 Å². The molecule has 0 saturated carbocycles. The van der Waals surface area contributed by atoms with Gasteiger partial charge in [0.1, 0.15) is 6.04 Å². The van der Waals surface area contributed by atoms with Gasteiger partial charge in [0.15, 0.2) is 5.69 Å². The number of fused-ring (bicyclic) bond motifs is 1. The van der Waals surface area contributed by atoms with Crippen molar-refractivity contribution < 1.29 is 14.1 Å². The van der Waals surface area contributed by atoms with Crippen LogP contribution < -0.4 is 11.1 Å². The van der Waals surface area contributed by atoms with Gasteiger partial charge in [0, 0.05) is 18.4 Å². The normalized spacial score (nSPS) is 12.5. The van der Waals surface area contributed by atoms with E-state index in [1.807, 2.05) is 45.0 Å². The minimum Gasteiger partial charge on any atom is -0.363 e. The molecule has 3 aromatic rings. The number of nitriles is 1. The molecule has 31 heavy (non-hydrogen) atoms. The molecule has 2 heterocycles. The van der Waals surface area contributed by atoms with Crippen molar-refractivity contribution in [3.05, 3.63) is 41.7 Å². The second-order valence-electron chi connectivity index (χ2n) is 8.30. The number of carbonyl (C=O) groups excluding carboxylic acids is 2. The molecule has 10 nitrogen and oxygen atoms in total. The molecule has 2 aromatic heterocycles. The highest BCUT2D eigenvalue weighted by molar-refractivity contribution is 6.05. The molecule has 0 saturated heterocycles. The van der Waals surface area contributed by atoms with E-state index in [9.17, 15) is 9.59 Å². The summed E-state index contributed by atoms with van der Waals surface area (Å²) in [6, 6.07) is 8.94. The summed E-state index contributed by atoms with van der Waals surface area (Å²) in [4.78, 5) is 28.6. The van der Waals surface area contributed by atoms with E-state index in [1.54, 1.807) is 4.68 Å². The summed E-state index contributed by atoms with van der Waals surface area (Å²) in [6.45, 7) is 6.30. The first-order valence-corrected chi connectivity index (χ1v) is 9.99. The van der Waals surface area contributed by atoms with Crippen LogP contribution in [0.5, 0.6) is 0 Å². The number of primary amides is 1. The molecule has 0 aliphatic heterocycles. The molecule has 1 atom stereocenters. The molecule has 162 valence electrons. The van der Waals surface area contributed by atoms with E-state index in [0.717, 1.165) is 23.7 Å². The molecule has 1 aromatic carbocycles. The molecule has 10 heteroatoms. The predicted octanol–water partition coefficient (Wildman–Crippen LogP) is 2.73. The van der Waals surface area contributed by atoms with Crippen molar-refractivity contribution in [2.24, 2.45) is 11.1 Å². The smallest absolute Gasteiger partial charge is 0.290 e. The van der Waals surface area contributed by atoms with Crippen LogP contribution in [0, 0.1) is 16.7 Å². The number of amides is 2. The first-order valence-electron chi connectivity index (χ1n) is 9.99. The maximum Gasteiger partial charge on any atom is 0.290 e. The largest absolute Gasteiger partial charge is 0.363 e. The molecule has 1 unspecified atom stereocenters. The van der Waals surface area contributed by atoms with Crippen LogP contribution in [0.3, 0.4) is 0 Å². The molecule has 0 bridgehead atoms. The lowest BCUT2D eigenvalue weighted by Gasteiger charge is -2.28. The molecule has 3 rings (SSSR count). The van der Waals surface area contributed by atoms with Gasteiger partial charge >= 0.3 is 0 Å². The second kappa shape index (κ2) is 8.95. The van der Waals surface area contributed by atoms with Gasteiger partial charge in [-0.1, -0.05) is 44.1 Å². The number of unbranched alkanes of at least 4 members (excludes halogenated alkanes) is 2. The fourth-order valence-corrected chi connectivity index (χ4v) is 3.23. The Morgan fingerprint density at radius 3 is 2.68 bits per heavy atom. The number of aromatic nitrogens is 4. The van der Waals surface area contributed by atoms with Crippen molar-refractivity contribution in [1.29, 1.82) is 5.26 Å². The number of hydrogen-bond donors (Lipinski definition) is 2. The fraction of sp³-hybridized carbons (Fsp3) is 0.429. The third-order valence-corrected chi connectivity index (χ3v) is 4.83. The highest BCUT2D eigenvalue weighted by atomic mass is 16.5. The monoisotopic (exact) mass is 423 g/mol. The van der Waals surface area contributed by atoms with Crippen molar-refractivity contribution in [3.63, 3.8) is 0 Å². The molecule has 3 N–H and O–H groups in total. The van der Waals surface area contributed by atoms with Gasteiger partial charge in [-0.05, 0) is 24.3 Å².